The monoisotopic (exact) mass is 508 g/mol. The lowest BCUT2D eigenvalue weighted by molar-refractivity contribution is -0.318. The topological polar surface area (TPSA) is 200 Å². The Bertz CT molecular complexity index is 1160. The van der Waals surface area contributed by atoms with Gasteiger partial charge in [0.25, 0.3) is 0 Å². The molecule has 0 amide bonds. The van der Waals surface area contributed by atoms with Crippen molar-refractivity contribution in [1.29, 1.82) is 5.26 Å². The van der Waals surface area contributed by atoms with Gasteiger partial charge in [-0.05, 0) is 39.0 Å². The average molecular weight is 509 g/mol. The number of hydrogen-bond donors (Lipinski definition) is 5. The number of aromatic nitrogens is 1. The summed E-state index contributed by atoms with van der Waals surface area (Å²) in [7, 11) is 0. The summed E-state index contributed by atoms with van der Waals surface area (Å²) in [6, 6.07) is 6.66. The Hall–Kier alpha value is -3.12. The number of nitrogens with zero attached hydrogens (tertiary/aromatic N) is 2. The van der Waals surface area contributed by atoms with Crippen LogP contribution in [0.3, 0.4) is 0 Å². The van der Waals surface area contributed by atoms with E-state index < -0.39 is 48.2 Å². The Labute approximate surface area is 203 Å². The largest absolute Gasteiger partial charge is 0.489 e. The zero-order chi connectivity index (χ0) is 26.1. The molecule has 5 unspecified atom stereocenters. The number of nitriles is 1. The number of aromatic carboxylic acids is 1. The normalized spacial score (nSPS) is 24.5. The Morgan fingerprint density at radius 3 is 2.46 bits per heavy atom. The number of aliphatic carboxylic acids is 1. The van der Waals surface area contributed by atoms with E-state index in [1.807, 2.05) is 6.07 Å². The van der Waals surface area contributed by atoms with Crippen molar-refractivity contribution in [3.05, 3.63) is 34.3 Å². The molecule has 35 heavy (non-hydrogen) atoms. The number of thiazole rings is 1. The molecule has 1 aromatic carbocycles. The molecule has 1 fully saturated rings. The van der Waals surface area contributed by atoms with Gasteiger partial charge in [0.1, 0.15) is 46.6 Å². The molecule has 2 heterocycles. The van der Waals surface area contributed by atoms with Crippen molar-refractivity contribution in [2.75, 3.05) is 6.61 Å². The number of aliphatic hydroxyl groups excluding tert-OH is 3. The molecule has 0 saturated carbocycles. The summed E-state index contributed by atoms with van der Waals surface area (Å²) in [4.78, 5) is 26.9. The Kier molecular flexibility index (Phi) is 7.75. The Morgan fingerprint density at radius 2 is 1.89 bits per heavy atom. The second-order valence-electron chi connectivity index (χ2n) is 8.46. The molecule has 0 spiro atoms. The molecule has 1 saturated heterocycles. The number of hydrogen-bond acceptors (Lipinski definition) is 11. The molecule has 5 atom stereocenters. The highest BCUT2D eigenvalue weighted by Gasteiger charge is 2.48. The summed E-state index contributed by atoms with van der Waals surface area (Å²) in [6.45, 7) is 4.54. The molecule has 188 valence electrons. The van der Waals surface area contributed by atoms with E-state index in [9.17, 15) is 35.3 Å². The lowest BCUT2D eigenvalue weighted by Gasteiger charge is -2.41. The van der Waals surface area contributed by atoms with E-state index in [4.69, 9.17) is 19.3 Å². The lowest BCUT2D eigenvalue weighted by atomic mass is 9.98. The molecular formula is C22H24N2O10S. The fourth-order valence-corrected chi connectivity index (χ4v) is 4.25. The molecule has 5 N–H and O–H groups in total. The van der Waals surface area contributed by atoms with E-state index in [0.717, 1.165) is 11.3 Å². The van der Waals surface area contributed by atoms with Gasteiger partial charge in [-0.2, -0.15) is 5.26 Å². The molecule has 0 bridgehead atoms. The van der Waals surface area contributed by atoms with Crippen molar-refractivity contribution >= 4 is 23.3 Å². The maximum Gasteiger partial charge on any atom is 0.347 e. The zero-order valence-electron chi connectivity index (χ0n) is 18.9. The maximum atomic E-state index is 11.3. The van der Waals surface area contributed by atoms with Gasteiger partial charge in [-0.3, -0.25) is 0 Å². The second-order valence-corrected chi connectivity index (χ2v) is 9.46. The van der Waals surface area contributed by atoms with Crippen LogP contribution in [0.2, 0.25) is 0 Å². The van der Waals surface area contributed by atoms with Crippen molar-refractivity contribution in [3.8, 4) is 22.4 Å². The SMILES string of the molecule is Cc1nc(-c2ccc(OCC(C)(C)OC3OC(C(=O)O)C(O)C(O)C3O)c(C#N)c2)sc1C(=O)O. The van der Waals surface area contributed by atoms with Crippen molar-refractivity contribution in [2.45, 2.75) is 57.1 Å². The van der Waals surface area contributed by atoms with Crippen LogP contribution in [0.15, 0.2) is 18.2 Å². The summed E-state index contributed by atoms with van der Waals surface area (Å²) in [5.41, 5.74) is -0.132. The van der Waals surface area contributed by atoms with Gasteiger partial charge in [0.05, 0.1) is 16.9 Å². The van der Waals surface area contributed by atoms with E-state index >= 15 is 0 Å². The quantitative estimate of drug-likeness (QED) is 0.336. The van der Waals surface area contributed by atoms with Gasteiger partial charge in [0, 0.05) is 5.56 Å². The van der Waals surface area contributed by atoms with Crippen LogP contribution in [-0.2, 0) is 14.3 Å². The summed E-state index contributed by atoms with van der Waals surface area (Å²) < 4.78 is 16.5. The van der Waals surface area contributed by atoms with Gasteiger partial charge in [0.15, 0.2) is 12.4 Å². The van der Waals surface area contributed by atoms with Crippen molar-refractivity contribution in [1.82, 2.24) is 4.98 Å². The molecule has 13 heteroatoms. The third kappa shape index (κ3) is 5.76. The van der Waals surface area contributed by atoms with E-state index in [0.29, 0.717) is 16.3 Å². The van der Waals surface area contributed by atoms with Gasteiger partial charge in [-0.25, -0.2) is 14.6 Å². The van der Waals surface area contributed by atoms with E-state index in [1.165, 1.54) is 12.1 Å². The molecule has 0 radical (unpaired) electrons. The number of aliphatic hydroxyl groups is 3. The molecule has 12 nitrogen and oxygen atoms in total. The fraction of sp³-hybridized carbons (Fsp3) is 0.455. The molecule has 2 aromatic rings. The predicted molar refractivity (Wildman–Crippen MR) is 119 cm³/mol. The zero-order valence-corrected chi connectivity index (χ0v) is 19.7. The highest BCUT2D eigenvalue weighted by molar-refractivity contribution is 7.17. The van der Waals surface area contributed by atoms with Crippen LogP contribution < -0.4 is 4.74 Å². The van der Waals surface area contributed by atoms with Crippen LogP contribution in [0, 0.1) is 18.3 Å². The summed E-state index contributed by atoms with van der Waals surface area (Å²) in [6.07, 6.45) is -8.73. The number of carboxylic acids is 2. The number of carboxylic acid groups (broad SMARTS) is 2. The second kappa shape index (κ2) is 10.2. The number of rotatable bonds is 8. The van der Waals surface area contributed by atoms with Crippen LogP contribution in [-0.4, -0.2) is 85.4 Å². The molecular weight excluding hydrogens is 484 g/mol. The molecule has 3 rings (SSSR count). The first kappa shape index (κ1) is 26.5. The Morgan fingerprint density at radius 1 is 1.20 bits per heavy atom. The van der Waals surface area contributed by atoms with E-state index in [-0.39, 0.29) is 22.8 Å². The van der Waals surface area contributed by atoms with Gasteiger partial charge >= 0.3 is 11.9 Å². The molecule has 0 aliphatic carbocycles. The number of aryl methyl sites for hydroxylation is 1. The summed E-state index contributed by atoms with van der Waals surface area (Å²) in [5.74, 6) is -2.42. The summed E-state index contributed by atoms with van der Waals surface area (Å²) >= 11 is 0.987. The third-order valence-electron chi connectivity index (χ3n) is 5.16. The van der Waals surface area contributed by atoms with Gasteiger partial charge in [-0.1, -0.05) is 0 Å². The fourth-order valence-electron chi connectivity index (χ4n) is 3.34. The lowest BCUT2D eigenvalue weighted by Crippen LogP contribution is -2.61. The number of ether oxygens (including phenoxy) is 3. The minimum Gasteiger partial charge on any atom is -0.489 e. The average Bonchev–Trinajstić information content (AvgIpc) is 3.19. The minimum atomic E-state index is -1.84. The van der Waals surface area contributed by atoms with E-state index in [1.54, 1.807) is 26.8 Å². The molecule has 1 aliphatic rings. The first-order valence-corrected chi connectivity index (χ1v) is 11.1. The number of benzene rings is 1. The highest BCUT2D eigenvalue weighted by atomic mass is 32.1. The van der Waals surface area contributed by atoms with Crippen molar-refractivity contribution < 1.29 is 49.3 Å². The highest BCUT2D eigenvalue weighted by Crippen LogP contribution is 2.32. The minimum absolute atomic E-state index is 0.104. The molecule has 1 aromatic heterocycles. The van der Waals surface area contributed by atoms with Crippen LogP contribution in [0.1, 0.15) is 34.8 Å². The predicted octanol–water partition coefficient (Wildman–Crippen LogP) is 0.755. The molecule has 1 aliphatic heterocycles. The standard InChI is InChI=1S/C22H24N2O10S/c1-9-17(20(30)31)35-18(24-9)10-4-5-12(11(6-10)7-23)32-8-22(2,3)34-21-15(27)13(25)14(26)16(33-21)19(28)29/h4-6,13-16,21,25-27H,8H2,1-3H3,(H,28,29)(H,30,31). The van der Waals surface area contributed by atoms with Crippen LogP contribution in [0.25, 0.3) is 10.6 Å². The first-order valence-electron chi connectivity index (χ1n) is 10.3. The maximum absolute atomic E-state index is 11.3. The third-order valence-corrected chi connectivity index (χ3v) is 6.36. The van der Waals surface area contributed by atoms with Crippen LogP contribution in [0.4, 0.5) is 0 Å². The van der Waals surface area contributed by atoms with Gasteiger partial charge in [0.2, 0.25) is 0 Å². The summed E-state index contributed by atoms with van der Waals surface area (Å²) in [5, 5.41) is 58.3. The van der Waals surface area contributed by atoms with Crippen molar-refractivity contribution in [3.63, 3.8) is 0 Å². The van der Waals surface area contributed by atoms with Crippen LogP contribution in [0.5, 0.6) is 5.75 Å². The van der Waals surface area contributed by atoms with Crippen molar-refractivity contribution in [2.24, 2.45) is 0 Å². The van der Waals surface area contributed by atoms with Gasteiger partial charge < -0.3 is 39.7 Å². The smallest absolute Gasteiger partial charge is 0.347 e. The van der Waals surface area contributed by atoms with Crippen LogP contribution >= 0.6 is 11.3 Å². The number of carbonyl (C=O) groups is 2. The Balaban J connectivity index is 1.72. The van der Waals surface area contributed by atoms with Gasteiger partial charge in [-0.15, -0.1) is 11.3 Å². The first-order chi connectivity index (χ1) is 16.3. The van der Waals surface area contributed by atoms with E-state index in [2.05, 4.69) is 4.98 Å².